The van der Waals surface area contributed by atoms with Crippen molar-refractivity contribution in [3.63, 3.8) is 0 Å². The normalized spacial score (nSPS) is 11.9. The Balaban J connectivity index is 3.06. The van der Waals surface area contributed by atoms with Crippen molar-refractivity contribution in [2.24, 2.45) is 0 Å². The maximum Gasteiger partial charge on any atom is 0.122 e. The van der Waals surface area contributed by atoms with Gasteiger partial charge in [0.25, 0.3) is 0 Å². The third-order valence-electron chi connectivity index (χ3n) is 2.83. The van der Waals surface area contributed by atoms with Gasteiger partial charge in [-0.2, -0.15) is 0 Å². The number of terminal acetylenes is 1. The highest BCUT2D eigenvalue weighted by Crippen LogP contribution is 2.32. The fourth-order valence-corrected chi connectivity index (χ4v) is 2.03. The van der Waals surface area contributed by atoms with Crippen molar-refractivity contribution in [3.05, 3.63) is 29.3 Å². The molecule has 0 saturated heterocycles. The average Bonchev–Trinajstić information content (AvgIpc) is 2.29. The first-order chi connectivity index (χ1) is 7.72. The van der Waals surface area contributed by atoms with Crippen LogP contribution in [0.15, 0.2) is 18.2 Å². The van der Waals surface area contributed by atoms with Gasteiger partial charge in [0.15, 0.2) is 0 Å². The van der Waals surface area contributed by atoms with Crippen LogP contribution in [0.5, 0.6) is 5.75 Å². The number of ether oxygens (including phenoxy) is 1. The van der Waals surface area contributed by atoms with Crippen LogP contribution in [0.4, 0.5) is 0 Å². The quantitative estimate of drug-likeness (QED) is 0.678. The number of benzene rings is 1. The molecule has 0 saturated carbocycles. The average molecular weight is 216 g/mol. The maximum atomic E-state index is 5.44. The minimum Gasteiger partial charge on any atom is -0.496 e. The smallest absolute Gasteiger partial charge is 0.122 e. The molecule has 0 heterocycles. The summed E-state index contributed by atoms with van der Waals surface area (Å²) in [5.41, 5.74) is 2.51. The summed E-state index contributed by atoms with van der Waals surface area (Å²) in [5, 5.41) is 0. The molecule has 0 aliphatic rings. The Kier molecular flexibility index (Phi) is 4.92. The van der Waals surface area contributed by atoms with Crippen LogP contribution in [0.3, 0.4) is 0 Å². The van der Waals surface area contributed by atoms with Crippen LogP contribution in [0, 0.1) is 19.3 Å². The molecule has 0 fully saturated rings. The Labute approximate surface area is 98.8 Å². The molecule has 0 aromatic heterocycles. The number of aryl methyl sites for hydroxylation is 1. The molecule has 1 atom stereocenters. The highest BCUT2D eigenvalue weighted by atomic mass is 16.5. The molecule has 1 rings (SSSR count). The summed E-state index contributed by atoms with van der Waals surface area (Å²) < 4.78 is 5.41. The zero-order valence-electron chi connectivity index (χ0n) is 10.4. The van der Waals surface area contributed by atoms with Crippen molar-refractivity contribution in [2.75, 3.05) is 7.11 Å². The Hall–Kier alpha value is -1.42. The van der Waals surface area contributed by atoms with E-state index in [-0.39, 0.29) is 0 Å². The number of hydrogen-bond donors (Lipinski definition) is 0. The standard InChI is InChI=1S/C15H20O/c1-5-7-13(8-6-2)14-11-12(3)9-10-15(14)16-4/h1,9-11,13H,6-8H2,2-4H3. The molecule has 0 radical (unpaired) electrons. The summed E-state index contributed by atoms with van der Waals surface area (Å²) in [4.78, 5) is 0. The molecule has 16 heavy (non-hydrogen) atoms. The van der Waals surface area contributed by atoms with Crippen molar-refractivity contribution in [1.29, 1.82) is 0 Å². The second-order valence-corrected chi connectivity index (χ2v) is 4.14. The van der Waals surface area contributed by atoms with Crippen LogP contribution in [0.1, 0.15) is 43.2 Å². The molecule has 0 amide bonds. The van der Waals surface area contributed by atoms with Gasteiger partial charge in [0.05, 0.1) is 7.11 Å². The Bertz CT molecular complexity index is 374. The second kappa shape index (κ2) is 6.23. The first-order valence-corrected chi connectivity index (χ1v) is 5.80. The molecule has 0 aliphatic heterocycles. The van der Waals surface area contributed by atoms with Gasteiger partial charge in [0.1, 0.15) is 5.75 Å². The van der Waals surface area contributed by atoms with E-state index in [9.17, 15) is 0 Å². The fraction of sp³-hybridized carbons (Fsp3) is 0.467. The van der Waals surface area contributed by atoms with Crippen LogP contribution in [-0.2, 0) is 0 Å². The molecule has 1 heteroatoms. The molecular formula is C15H20O. The fourth-order valence-electron chi connectivity index (χ4n) is 2.03. The molecule has 0 N–H and O–H groups in total. The van der Waals surface area contributed by atoms with Crippen molar-refractivity contribution in [2.45, 2.75) is 39.0 Å². The number of hydrogen-bond acceptors (Lipinski definition) is 1. The van der Waals surface area contributed by atoms with Gasteiger partial charge in [-0.1, -0.05) is 31.0 Å². The van der Waals surface area contributed by atoms with Crippen LogP contribution < -0.4 is 4.74 Å². The van der Waals surface area contributed by atoms with Gasteiger partial charge in [-0.05, 0) is 30.9 Å². The maximum absolute atomic E-state index is 5.44. The molecule has 0 aliphatic carbocycles. The van der Waals surface area contributed by atoms with Gasteiger partial charge in [0, 0.05) is 6.42 Å². The van der Waals surface area contributed by atoms with E-state index < -0.39 is 0 Å². The highest BCUT2D eigenvalue weighted by Gasteiger charge is 2.14. The van der Waals surface area contributed by atoms with E-state index >= 15 is 0 Å². The van der Waals surface area contributed by atoms with Crippen molar-refractivity contribution in [3.8, 4) is 18.1 Å². The number of rotatable bonds is 5. The summed E-state index contributed by atoms with van der Waals surface area (Å²) in [6, 6.07) is 6.29. The first-order valence-electron chi connectivity index (χ1n) is 5.80. The Morgan fingerprint density at radius 1 is 1.44 bits per heavy atom. The Morgan fingerprint density at radius 3 is 2.75 bits per heavy atom. The van der Waals surface area contributed by atoms with Gasteiger partial charge < -0.3 is 4.74 Å². The Morgan fingerprint density at radius 2 is 2.19 bits per heavy atom. The topological polar surface area (TPSA) is 9.23 Å². The van der Waals surface area contributed by atoms with E-state index in [1.54, 1.807) is 7.11 Å². The van der Waals surface area contributed by atoms with Crippen LogP contribution in [-0.4, -0.2) is 7.11 Å². The van der Waals surface area contributed by atoms with Gasteiger partial charge >= 0.3 is 0 Å². The van der Waals surface area contributed by atoms with Crippen LogP contribution in [0.2, 0.25) is 0 Å². The lowest BCUT2D eigenvalue weighted by atomic mass is 9.90. The van der Waals surface area contributed by atoms with Crippen LogP contribution in [0.25, 0.3) is 0 Å². The molecule has 1 nitrogen and oxygen atoms in total. The van der Waals surface area contributed by atoms with E-state index in [2.05, 4.69) is 31.9 Å². The monoisotopic (exact) mass is 216 g/mol. The third kappa shape index (κ3) is 3.03. The zero-order chi connectivity index (χ0) is 12.0. The lowest BCUT2D eigenvalue weighted by molar-refractivity contribution is 0.403. The molecule has 1 unspecified atom stereocenters. The second-order valence-electron chi connectivity index (χ2n) is 4.14. The van der Waals surface area contributed by atoms with E-state index in [4.69, 9.17) is 11.2 Å². The van der Waals surface area contributed by atoms with E-state index in [1.807, 2.05) is 6.07 Å². The molecule has 0 spiro atoms. The zero-order valence-corrected chi connectivity index (χ0v) is 10.4. The van der Waals surface area contributed by atoms with Crippen molar-refractivity contribution < 1.29 is 4.74 Å². The van der Waals surface area contributed by atoms with Gasteiger partial charge in [-0.15, -0.1) is 12.3 Å². The summed E-state index contributed by atoms with van der Waals surface area (Å²) in [6.45, 7) is 4.29. The van der Waals surface area contributed by atoms with E-state index in [0.29, 0.717) is 5.92 Å². The van der Waals surface area contributed by atoms with E-state index in [1.165, 1.54) is 11.1 Å². The summed E-state index contributed by atoms with van der Waals surface area (Å²) in [7, 11) is 1.72. The van der Waals surface area contributed by atoms with Crippen molar-refractivity contribution in [1.82, 2.24) is 0 Å². The summed E-state index contributed by atoms with van der Waals surface area (Å²) >= 11 is 0. The minimum absolute atomic E-state index is 0.421. The van der Waals surface area contributed by atoms with Crippen LogP contribution >= 0.6 is 0 Å². The van der Waals surface area contributed by atoms with Gasteiger partial charge in [-0.3, -0.25) is 0 Å². The molecule has 1 aromatic rings. The SMILES string of the molecule is C#CCC(CCC)c1cc(C)ccc1OC. The number of methoxy groups -OCH3 is 1. The van der Waals surface area contributed by atoms with Crippen molar-refractivity contribution >= 4 is 0 Å². The summed E-state index contributed by atoms with van der Waals surface area (Å²) in [6.07, 6.45) is 8.48. The molecular weight excluding hydrogens is 196 g/mol. The van der Waals surface area contributed by atoms with E-state index in [0.717, 1.165) is 25.0 Å². The third-order valence-corrected chi connectivity index (χ3v) is 2.83. The molecule has 0 bridgehead atoms. The minimum atomic E-state index is 0.421. The first kappa shape index (κ1) is 12.6. The predicted molar refractivity (Wildman–Crippen MR) is 68.8 cm³/mol. The summed E-state index contributed by atoms with van der Waals surface area (Å²) in [5.74, 6) is 4.15. The van der Waals surface area contributed by atoms with Gasteiger partial charge in [-0.25, -0.2) is 0 Å². The lowest BCUT2D eigenvalue weighted by Gasteiger charge is -2.17. The van der Waals surface area contributed by atoms with Gasteiger partial charge in [0.2, 0.25) is 0 Å². The predicted octanol–water partition coefficient (Wildman–Crippen LogP) is 3.91. The molecule has 86 valence electrons. The molecule has 1 aromatic carbocycles. The lowest BCUT2D eigenvalue weighted by Crippen LogP contribution is -2.01. The largest absolute Gasteiger partial charge is 0.496 e. The highest BCUT2D eigenvalue weighted by molar-refractivity contribution is 5.39.